The van der Waals surface area contributed by atoms with E-state index >= 15 is 0 Å². The maximum absolute atomic E-state index is 13.0. The molecular formula is C22H37N3O2. The Morgan fingerprint density at radius 2 is 2.04 bits per heavy atom. The highest BCUT2D eigenvalue weighted by molar-refractivity contribution is 5.81. The number of likely N-dealkylation sites (N-methyl/N-ethyl adjacent to an activating group) is 1. The Hall–Kier alpha value is -1.59. The Labute approximate surface area is 165 Å². The second kappa shape index (κ2) is 10.7. The van der Waals surface area contributed by atoms with E-state index in [1.165, 1.54) is 12.0 Å². The molecule has 5 heteroatoms. The number of ether oxygens (including phenoxy) is 1. The molecule has 5 nitrogen and oxygen atoms in total. The van der Waals surface area contributed by atoms with Crippen molar-refractivity contribution in [1.29, 1.82) is 0 Å². The maximum Gasteiger partial charge on any atom is 0.237 e. The third-order valence-corrected chi connectivity index (χ3v) is 5.71. The van der Waals surface area contributed by atoms with E-state index in [1.54, 1.807) is 7.11 Å². The molecule has 1 aromatic rings. The first-order valence-electron chi connectivity index (χ1n) is 10.4. The van der Waals surface area contributed by atoms with Gasteiger partial charge in [0.15, 0.2) is 0 Å². The molecule has 27 heavy (non-hydrogen) atoms. The van der Waals surface area contributed by atoms with E-state index in [0.717, 1.165) is 38.2 Å². The van der Waals surface area contributed by atoms with Gasteiger partial charge in [-0.3, -0.25) is 14.6 Å². The molecule has 0 spiro atoms. The smallest absolute Gasteiger partial charge is 0.237 e. The largest absolute Gasteiger partial charge is 0.497 e. The van der Waals surface area contributed by atoms with Crippen molar-refractivity contribution in [3.8, 4) is 5.75 Å². The van der Waals surface area contributed by atoms with Gasteiger partial charge in [0.25, 0.3) is 0 Å². The van der Waals surface area contributed by atoms with E-state index < -0.39 is 0 Å². The number of benzene rings is 1. The maximum atomic E-state index is 13.0. The molecule has 1 heterocycles. The van der Waals surface area contributed by atoms with E-state index in [0.29, 0.717) is 12.6 Å². The molecule has 0 aliphatic carbocycles. The normalized spacial score (nSPS) is 19.3. The van der Waals surface area contributed by atoms with Crippen LogP contribution < -0.4 is 10.1 Å². The lowest BCUT2D eigenvalue weighted by Crippen LogP contribution is -2.53. The number of carbonyl (C=O) groups excluding carboxylic acids is 1. The minimum Gasteiger partial charge on any atom is -0.497 e. The van der Waals surface area contributed by atoms with E-state index in [9.17, 15) is 4.79 Å². The molecule has 2 unspecified atom stereocenters. The standard InChI is InChI=1S/C22H37N3O2/c1-6-24(7-2)21(18-11-10-12-19(15-18)27-5)16-23-22(26)20-13-8-9-14-25(20)17(3)4/h10-12,15,17,20-21H,6-9,13-14,16H2,1-5H3,(H,23,26). The molecule has 1 fully saturated rings. The first-order chi connectivity index (χ1) is 13.0. The molecular weight excluding hydrogens is 338 g/mol. The van der Waals surface area contributed by atoms with Crippen LogP contribution in [0.25, 0.3) is 0 Å². The van der Waals surface area contributed by atoms with Gasteiger partial charge in [0.05, 0.1) is 19.2 Å². The van der Waals surface area contributed by atoms with Crippen LogP contribution in [0.15, 0.2) is 24.3 Å². The van der Waals surface area contributed by atoms with Gasteiger partial charge < -0.3 is 10.1 Å². The van der Waals surface area contributed by atoms with Crippen molar-refractivity contribution in [2.24, 2.45) is 0 Å². The highest BCUT2D eigenvalue weighted by atomic mass is 16.5. The van der Waals surface area contributed by atoms with Crippen LogP contribution in [0.5, 0.6) is 5.75 Å². The van der Waals surface area contributed by atoms with Crippen molar-refractivity contribution in [2.75, 3.05) is 33.3 Å². The van der Waals surface area contributed by atoms with Crippen LogP contribution in [0.3, 0.4) is 0 Å². The van der Waals surface area contributed by atoms with Crippen LogP contribution >= 0.6 is 0 Å². The molecule has 1 aliphatic rings. The number of carbonyl (C=O) groups is 1. The average Bonchev–Trinajstić information content (AvgIpc) is 2.70. The molecule has 2 rings (SSSR count). The SMILES string of the molecule is CCN(CC)C(CNC(=O)C1CCCCN1C(C)C)c1cccc(OC)c1. The molecule has 152 valence electrons. The number of nitrogens with one attached hydrogen (secondary N) is 1. The van der Waals surface area contributed by atoms with Crippen LogP contribution in [0.1, 0.15) is 58.6 Å². The lowest BCUT2D eigenvalue weighted by molar-refractivity contribution is -0.128. The zero-order valence-electron chi connectivity index (χ0n) is 17.7. The van der Waals surface area contributed by atoms with Gasteiger partial charge in [-0.2, -0.15) is 0 Å². The summed E-state index contributed by atoms with van der Waals surface area (Å²) in [5.74, 6) is 1.03. The number of methoxy groups -OCH3 is 1. The molecule has 2 atom stereocenters. The van der Waals surface area contributed by atoms with Crippen molar-refractivity contribution in [3.63, 3.8) is 0 Å². The number of nitrogens with zero attached hydrogens (tertiary/aromatic N) is 2. The zero-order chi connectivity index (χ0) is 19.8. The Kier molecular flexibility index (Phi) is 8.58. The summed E-state index contributed by atoms with van der Waals surface area (Å²) in [7, 11) is 1.69. The van der Waals surface area contributed by atoms with E-state index in [1.807, 2.05) is 12.1 Å². The van der Waals surface area contributed by atoms with Crippen LogP contribution in [-0.2, 0) is 4.79 Å². The Morgan fingerprint density at radius 1 is 1.30 bits per heavy atom. The second-order valence-corrected chi connectivity index (χ2v) is 7.60. The van der Waals surface area contributed by atoms with E-state index in [4.69, 9.17) is 4.74 Å². The fourth-order valence-corrected chi connectivity index (χ4v) is 4.14. The molecule has 0 radical (unpaired) electrons. The quantitative estimate of drug-likeness (QED) is 0.718. The van der Waals surface area contributed by atoms with Gasteiger partial charge >= 0.3 is 0 Å². The third kappa shape index (κ3) is 5.69. The lowest BCUT2D eigenvalue weighted by atomic mass is 9.99. The summed E-state index contributed by atoms with van der Waals surface area (Å²) in [4.78, 5) is 17.7. The average molecular weight is 376 g/mol. The van der Waals surface area contributed by atoms with Gasteiger partial charge in [0, 0.05) is 12.6 Å². The summed E-state index contributed by atoms with van der Waals surface area (Å²) in [5.41, 5.74) is 1.18. The summed E-state index contributed by atoms with van der Waals surface area (Å²) in [6.07, 6.45) is 3.28. The predicted molar refractivity (Wildman–Crippen MR) is 111 cm³/mol. The van der Waals surface area contributed by atoms with Crippen LogP contribution in [-0.4, -0.2) is 61.1 Å². The molecule has 1 amide bonds. The summed E-state index contributed by atoms with van der Waals surface area (Å²) in [5, 5.41) is 3.26. The van der Waals surface area contributed by atoms with Crippen LogP contribution in [0.2, 0.25) is 0 Å². The number of hydrogen-bond donors (Lipinski definition) is 1. The molecule has 0 saturated carbocycles. The minimum absolute atomic E-state index is 0.00131. The highest BCUT2D eigenvalue weighted by Gasteiger charge is 2.31. The summed E-state index contributed by atoms with van der Waals surface area (Å²) >= 11 is 0. The fraction of sp³-hybridized carbons (Fsp3) is 0.682. The van der Waals surface area contributed by atoms with Gasteiger partial charge in [-0.15, -0.1) is 0 Å². The zero-order valence-corrected chi connectivity index (χ0v) is 17.7. The second-order valence-electron chi connectivity index (χ2n) is 7.60. The third-order valence-electron chi connectivity index (χ3n) is 5.71. The number of likely N-dealkylation sites (tertiary alicyclic amines) is 1. The van der Waals surface area contributed by atoms with Crippen LogP contribution in [0, 0.1) is 0 Å². The summed E-state index contributed by atoms with van der Waals surface area (Å²) < 4.78 is 5.40. The van der Waals surface area contributed by atoms with E-state index in [2.05, 4.69) is 54.9 Å². The highest BCUT2D eigenvalue weighted by Crippen LogP contribution is 2.24. The minimum atomic E-state index is 0.00131. The lowest BCUT2D eigenvalue weighted by Gasteiger charge is -2.38. The summed E-state index contributed by atoms with van der Waals surface area (Å²) in [6.45, 7) is 12.2. The van der Waals surface area contributed by atoms with Crippen molar-refractivity contribution < 1.29 is 9.53 Å². The van der Waals surface area contributed by atoms with Gasteiger partial charge in [0.2, 0.25) is 5.91 Å². The molecule has 1 saturated heterocycles. The number of piperidine rings is 1. The molecule has 0 bridgehead atoms. The predicted octanol–water partition coefficient (Wildman–Crippen LogP) is 3.46. The molecule has 0 aromatic heterocycles. The topological polar surface area (TPSA) is 44.8 Å². The first kappa shape index (κ1) is 21.7. The summed E-state index contributed by atoms with van der Waals surface area (Å²) in [6, 6.07) is 8.74. The van der Waals surface area contributed by atoms with Crippen molar-refractivity contribution in [2.45, 2.75) is 65.1 Å². The monoisotopic (exact) mass is 375 g/mol. The van der Waals surface area contributed by atoms with E-state index in [-0.39, 0.29) is 18.0 Å². The molecule has 1 aromatic carbocycles. The van der Waals surface area contributed by atoms with Gasteiger partial charge in [-0.05, 0) is 64.0 Å². The van der Waals surface area contributed by atoms with Crippen molar-refractivity contribution >= 4 is 5.91 Å². The first-order valence-corrected chi connectivity index (χ1v) is 10.4. The Morgan fingerprint density at radius 3 is 2.67 bits per heavy atom. The van der Waals surface area contributed by atoms with Crippen molar-refractivity contribution in [3.05, 3.63) is 29.8 Å². The molecule has 1 aliphatic heterocycles. The fourth-order valence-electron chi connectivity index (χ4n) is 4.14. The Balaban J connectivity index is 2.11. The number of hydrogen-bond acceptors (Lipinski definition) is 4. The van der Waals surface area contributed by atoms with Gasteiger partial charge in [-0.25, -0.2) is 0 Å². The Bertz CT molecular complexity index is 587. The number of amides is 1. The number of rotatable bonds is 9. The van der Waals surface area contributed by atoms with Crippen molar-refractivity contribution in [1.82, 2.24) is 15.1 Å². The van der Waals surface area contributed by atoms with Gasteiger partial charge in [-0.1, -0.05) is 32.4 Å². The van der Waals surface area contributed by atoms with Crippen LogP contribution in [0.4, 0.5) is 0 Å². The molecule has 1 N–H and O–H groups in total. The van der Waals surface area contributed by atoms with Gasteiger partial charge in [0.1, 0.15) is 5.75 Å².